The predicted octanol–water partition coefficient (Wildman–Crippen LogP) is 1.03. The number of benzene rings is 1. The lowest BCUT2D eigenvalue weighted by atomic mass is 10.1. The molecule has 12 heavy (non-hydrogen) atoms. The van der Waals surface area contributed by atoms with Crippen LogP contribution in [0.25, 0.3) is 0 Å². The van der Waals surface area contributed by atoms with Gasteiger partial charge in [-0.25, -0.2) is 0 Å². The van der Waals surface area contributed by atoms with Crippen LogP contribution < -0.4 is 5.32 Å². The zero-order valence-electron chi connectivity index (χ0n) is 9.29. The van der Waals surface area contributed by atoms with E-state index in [0.29, 0.717) is 5.56 Å². The number of rotatable bonds is 1. The Hall–Kier alpha value is -1.75. The summed E-state index contributed by atoms with van der Waals surface area (Å²) in [6.07, 6.45) is 5.14. The van der Waals surface area contributed by atoms with Crippen molar-refractivity contribution in [3.8, 4) is 12.3 Å². The zero-order valence-corrected chi connectivity index (χ0v) is 6.29. The Morgan fingerprint density at radius 2 is 2.25 bits per heavy atom. The molecule has 1 rings (SSSR count). The summed E-state index contributed by atoms with van der Waals surface area (Å²) in [6.45, 7) is -2.47. The molecule has 0 saturated carbocycles. The number of hydrogen-bond acceptors (Lipinski definition) is 1. The molecule has 2 heteroatoms. The summed E-state index contributed by atoms with van der Waals surface area (Å²) in [5.41, 5.74) is 0.908. The topological polar surface area (TPSA) is 29.1 Å². The van der Waals surface area contributed by atoms with Crippen LogP contribution in [-0.4, -0.2) is 12.9 Å². The van der Waals surface area contributed by atoms with Crippen LogP contribution >= 0.6 is 0 Å². The van der Waals surface area contributed by atoms with E-state index in [1.54, 1.807) is 12.1 Å². The van der Waals surface area contributed by atoms with E-state index in [0.717, 1.165) is 0 Å². The summed E-state index contributed by atoms with van der Waals surface area (Å²) < 4.78 is 20.6. The fourth-order valence-electron chi connectivity index (χ4n) is 0.790. The number of carbonyl (C=O) groups excluding carboxylic acids is 1. The van der Waals surface area contributed by atoms with Crippen molar-refractivity contribution in [2.75, 3.05) is 6.98 Å². The maximum Gasteiger partial charge on any atom is 0.251 e. The zero-order chi connectivity index (χ0) is 11.5. The van der Waals surface area contributed by atoms with E-state index in [2.05, 4.69) is 5.92 Å². The van der Waals surface area contributed by atoms with Crippen LogP contribution in [0.2, 0.25) is 0 Å². The van der Waals surface area contributed by atoms with Crippen LogP contribution in [0.1, 0.15) is 20.0 Å². The Kier molecular flexibility index (Phi) is 1.49. The van der Waals surface area contributed by atoms with Gasteiger partial charge in [-0.1, -0.05) is 5.92 Å². The molecule has 0 saturated heterocycles. The van der Waals surface area contributed by atoms with Gasteiger partial charge in [0.1, 0.15) is 0 Å². The minimum absolute atomic E-state index is 0.269. The first-order valence-electron chi connectivity index (χ1n) is 4.81. The van der Waals surface area contributed by atoms with E-state index in [1.165, 1.54) is 12.1 Å². The molecule has 1 aromatic rings. The summed E-state index contributed by atoms with van der Waals surface area (Å²) in [4.78, 5) is 11.3. The van der Waals surface area contributed by atoms with E-state index in [-0.39, 0.29) is 5.56 Å². The highest BCUT2D eigenvalue weighted by atomic mass is 16.1. The van der Waals surface area contributed by atoms with Crippen LogP contribution in [0.4, 0.5) is 0 Å². The second-order valence-electron chi connectivity index (χ2n) is 2.18. The number of terminal acetylenes is 1. The molecule has 0 aliphatic heterocycles. The van der Waals surface area contributed by atoms with Crippen molar-refractivity contribution in [2.45, 2.75) is 0 Å². The molecule has 0 bridgehead atoms. The highest BCUT2D eigenvalue weighted by Gasteiger charge is 2.00. The summed E-state index contributed by atoms with van der Waals surface area (Å²) in [7, 11) is 0. The molecule has 1 amide bonds. The molecular formula is C10H9NO. The smallest absolute Gasteiger partial charge is 0.251 e. The summed E-state index contributed by atoms with van der Waals surface area (Å²) in [6, 6.07) is 6.12. The van der Waals surface area contributed by atoms with E-state index in [4.69, 9.17) is 10.5 Å². The first-order chi connectivity index (χ1) is 6.92. The van der Waals surface area contributed by atoms with E-state index >= 15 is 0 Å². The van der Waals surface area contributed by atoms with Crippen molar-refractivity contribution in [1.29, 1.82) is 0 Å². The summed E-state index contributed by atoms with van der Waals surface area (Å²) >= 11 is 0. The Bertz CT molecular complexity index is 400. The number of hydrogen-bond donors (Lipinski definition) is 1. The molecule has 0 unspecified atom stereocenters. The Labute approximate surface area is 75.8 Å². The fraction of sp³-hybridized carbons (Fsp3) is 0.100. The highest BCUT2D eigenvalue weighted by molar-refractivity contribution is 5.94. The van der Waals surface area contributed by atoms with Crippen molar-refractivity contribution in [3.05, 3.63) is 35.4 Å². The maximum atomic E-state index is 11.3. The SMILES string of the molecule is [2H]C([2H])([2H])NC(=O)c1ccc(C#C)cc1. The molecule has 2 nitrogen and oxygen atoms in total. The van der Waals surface area contributed by atoms with Crippen molar-refractivity contribution in [1.82, 2.24) is 5.32 Å². The average Bonchev–Trinajstić information content (AvgIpc) is 2.15. The molecule has 0 atom stereocenters. The fourth-order valence-corrected chi connectivity index (χ4v) is 0.790. The van der Waals surface area contributed by atoms with Crippen LogP contribution in [0.5, 0.6) is 0 Å². The predicted molar refractivity (Wildman–Crippen MR) is 47.8 cm³/mol. The molecule has 60 valence electrons. The summed E-state index contributed by atoms with van der Waals surface area (Å²) in [5.74, 6) is 1.76. The molecule has 0 heterocycles. The van der Waals surface area contributed by atoms with Gasteiger partial charge in [0.25, 0.3) is 5.91 Å². The van der Waals surface area contributed by atoms with Gasteiger partial charge in [-0.3, -0.25) is 4.79 Å². The molecule has 0 radical (unpaired) electrons. The molecular weight excluding hydrogens is 150 g/mol. The third-order valence-electron chi connectivity index (χ3n) is 1.43. The van der Waals surface area contributed by atoms with Crippen molar-refractivity contribution in [2.24, 2.45) is 0 Å². The van der Waals surface area contributed by atoms with Gasteiger partial charge in [0.05, 0.1) is 0 Å². The van der Waals surface area contributed by atoms with Gasteiger partial charge >= 0.3 is 0 Å². The van der Waals surface area contributed by atoms with Gasteiger partial charge in [-0.15, -0.1) is 6.42 Å². The molecule has 1 aromatic carbocycles. The highest BCUT2D eigenvalue weighted by Crippen LogP contribution is 2.02. The standard InChI is InChI=1S/C10H9NO/c1-3-8-4-6-9(7-5-8)10(12)11-2/h1,4-7H,2H3,(H,11,12)/i2D3. The summed E-state index contributed by atoms with van der Waals surface area (Å²) in [5, 5.41) is 1.88. The second kappa shape index (κ2) is 3.59. The third-order valence-corrected chi connectivity index (χ3v) is 1.43. The van der Waals surface area contributed by atoms with Gasteiger partial charge in [0.15, 0.2) is 0 Å². The largest absolute Gasteiger partial charge is 0.355 e. The molecule has 0 aliphatic carbocycles. The maximum absolute atomic E-state index is 11.3. The first kappa shape index (κ1) is 5.00. The van der Waals surface area contributed by atoms with E-state index < -0.39 is 12.9 Å². The van der Waals surface area contributed by atoms with Gasteiger partial charge in [0.2, 0.25) is 0 Å². The van der Waals surface area contributed by atoms with Gasteiger partial charge in [0, 0.05) is 22.2 Å². The minimum atomic E-state index is -2.47. The number of amides is 1. The third kappa shape index (κ3) is 1.64. The molecule has 0 aliphatic rings. The van der Waals surface area contributed by atoms with Gasteiger partial charge in [-0.2, -0.15) is 0 Å². The van der Waals surface area contributed by atoms with E-state index in [9.17, 15) is 4.79 Å². The average molecular weight is 162 g/mol. The Morgan fingerprint density at radius 1 is 1.58 bits per heavy atom. The van der Waals surface area contributed by atoms with Crippen LogP contribution in [0.15, 0.2) is 24.3 Å². The number of carbonyl (C=O) groups is 1. The molecule has 0 aromatic heterocycles. The lowest BCUT2D eigenvalue weighted by molar-refractivity contribution is 0.0963. The van der Waals surface area contributed by atoms with Gasteiger partial charge in [-0.05, 0) is 24.3 Å². The van der Waals surface area contributed by atoms with Crippen LogP contribution in [0, 0.1) is 12.3 Å². The quantitative estimate of drug-likeness (QED) is 0.614. The van der Waals surface area contributed by atoms with E-state index in [1.807, 2.05) is 5.32 Å². The molecule has 1 N–H and O–H groups in total. The van der Waals surface area contributed by atoms with Crippen molar-refractivity contribution < 1.29 is 8.91 Å². The minimum Gasteiger partial charge on any atom is -0.355 e. The molecule has 0 spiro atoms. The Morgan fingerprint density at radius 3 is 2.75 bits per heavy atom. The first-order valence-corrected chi connectivity index (χ1v) is 3.31. The lowest BCUT2D eigenvalue weighted by Gasteiger charge is -1.98. The van der Waals surface area contributed by atoms with Crippen molar-refractivity contribution >= 4 is 5.91 Å². The van der Waals surface area contributed by atoms with Crippen molar-refractivity contribution in [3.63, 3.8) is 0 Å². The normalized spacial score (nSPS) is 13.4. The monoisotopic (exact) mass is 162 g/mol. The van der Waals surface area contributed by atoms with Gasteiger partial charge < -0.3 is 5.32 Å². The van der Waals surface area contributed by atoms with Crippen LogP contribution in [0.3, 0.4) is 0 Å². The van der Waals surface area contributed by atoms with Crippen LogP contribution in [-0.2, 0) is 0 Å². The second-order valence-corrected chi connectivity index (χ2v) is 2.18. The number of nitrogens with one attached hydrogen (secondary N) is 1. The molecule has 0 fully saturated rings. The lowest BCUT2D eigenvalue weighted by Crippen LogP contribution is -2.17. The Balaban J connectivity index is 2.80.